The van der Waals surface area contributed by atoms with E-state index in [0.717, 1.165) is 0 Å². The van der Waals surface area contributed by atoms with Gasteiger partial charge in [0.2, 0.25) is 5.91 Å². The van der Waals surface area contributed by atoms with Crippen molar-refractivity contribution in [3.63, 3.8) is 0 Å². The van der Waals surface area contributed by atoms with E-state index in [2.05, 4.69) is 5.32 Å². The molecule has 0 atom stereocenters. The van der Waals surface area contributed by atoms with Crippen LogP contribution in [0.3, 0.4) is 0 Å². The maximum Gasteiger partial charge on any atom is 0.220 e. The third kappa shape index (κ3) is 1.79. The summed E-state index contributed by atoms with van der Waals surface area (Å²) in [7, 11) is 0. The molecule has 0 radical (unpaired) electrons. The summed E-state index contributed by atoms with van der Waals surface area (Å²) in [6, 6.07) is 0. The molecule has 1 N–H and O–H groups in total. The van der Waals surface area contributed by atoms with Gasteiger partial charge >= 0.3 is 0 Å². The lowest BCUT2D eigenvalue weighted by Gasteiger charge is -2.19. The lowest BCUT2D eigenvalue weighted by Crippen LogP contribution is -2.34. The van der Waals surface area contributed by atoms with Crippen LogP contribution in [0.1, 0.15) is 26.7 Å². The Morgan fingerprint density at radius 1 is 1.27 bits per heavy atom. The van der Waals surface area contributed by atoms with Gasteiger partial charge in [0, 0.05) is 24.8 Å². The Morgan fingerprint density at radius 3 is 2.55 bits per heavy atom. The second-order valence-electron chi connectivity index (χ2n) is 3.58. The van der Waals surface area contributed by atoms with E-state index in [1.807, 2.05) is 13.8 Å². The van der Waals surface area contributed by atoms with Crippen molar-refractivity contribution in [1.82, 2.24) is 5.32 Å². The molecule has 0 aromatic rings. The first-order valence-electron chi connectivity index (χ1n) is 3.82. The van der Waals surface area contributed by atoms with Crippen LogP contribution in [-0.2, 0) is 9.59 Å². The number of hydrogen-bond donors (Lipinski definition) is 1. The molecular weight excluding hydrogens is 142 g/mol. The fourth-order valence-corrected chi connectivity index (χ4v) is 1.07. The molecule has 1 heterocycles. The Hall–Kier alpha value is -0.860. The van der Waals surface area contributed by atoms with Gasteiger partial charge in [-0.1, -0.05) is 13.8 Å². The average Bonchev–Trinajstić information content (AvgIpc) is 2.03. The van der Waals surface area contributed by atoms with Crippen molar-refractivity contribution in [1.29, 1.82) is 0 Å². The first kappa shape index (κ1) is 8.24. The number of amides is 1. The Kier molecular flexibility index (Phi) is 1.98. The largest absolute Gasteiger partial charge is 0.355 e. The SMILES string of the molecule is CC1(C)CNC(=O)CCC1=O. The van der Waals surface area contributed by atoms with Crippen molar-refractivity contribution >= 4 is 11.7 Å². The van der Waals surface area contributed by atoms with Crippen LogP contribution in [0.4, 0.5) is 0 Å². The molecule has 1 aliphatic rings. The molecule has 62 valence electrons. The minimum absolute atomic E-state index is 0.0103. The molecule has 0 saturated carbocycles. The van der Waals surface area contributed by atoms with Gasteiger partial charge in [-0.15, -0.1) is 0 Å². The highest BCUT2D eigenvalue weighted by Gasteiger charge is 2.30. The highest BCUT2D eigenvalue weighted by molar-refractivity contribution is 5.90. The molecule has 1 amide bonds. The summed E-state index contributed by atoms with van der Waals surface area (Å²) in [6.45, 7) is 4.20. The molecule has 0 spiro atoms. The van der Waals surface area contributed by atoms with Crippen molar-refractivity contribution in [3.05, 3.63) is 0 Å². The summed E-state index contributed by atoms with van der Waals surface area (Å²) in [5, 5.41) is 2.71. The quantitative estimate of drug-likeness (QED) is 0.553. The standard InChI is InChI=1S/C8H13NO2/c1-8(2)5-9-7(11)4-3-6(8)10/h3-5H2,1-2H3,(H,9,11). The second kappa shape index (κ2) is 2.64. The van der Waals surface area contributed by atoms with E-state index in [0.29, 0.717) is 19.4 Å². The first-order chi connectivity index (χ1) is 5.02. The Morgan fingerprint density at radius 2 is 1.91 bits per heavy atom. The fraction of sp³-hybridized carbons (Fsp3) is 0.750. The van der Waals surface area contributed by atoms with Crippen molar-refractivity contribution in [2.75, 3.05) is 6.54 Å². The normalized spacial score (nSPS) is 24.2. The van der Waals surface area contributed by atoms with E-state index < -0.39 is 0 Å². The van der Waals surface area contributed by atoms with Crippen LogP contribution in [0, 0.1) is 5.41 Å². The minimum Gasteiger partial charge on any atom is -0.355 e. The highest BCUT2D eigenvalue weighted by atomic mass is 16.2. The van der Waals surface area contributed by atoms with Gasteiger partial charge in [-0.2, -0.15) is 0 Å². The molecule has 3 nitrogen and oxygen atoms in total. The first-order valence-corrected chi connectivity index (χ1v) is 3.82. The monoisotopic (exact) mass is 155 g/mol. The highest BCUT2D eigenvalue weighted by Crippen LogP contribution is 2.20. The molecule has 0 bridgehead atoms. The number of ketones is 1. The molecule has 1 rings (SSSR count). The summed E-state index contributed by atoms with van der Waals surface area (Å²) in [5.74, 6) is 0.166. The van der Waals surface area contributed by atoms with Gasteiger partial charge in [0.1, 0.15) is 5.78 Å². The lowest BCUT2D eigenvalue weighted by atomic mass is 9.87. The topological polar surface area (TPSA) is 46.2 Å². The number of Topliss-reactive ketones (excluding diaryl/α,β-unsaturated/α-hetero) is 1. The third-order valence-corrected chi connectivity index (χ3v) is 2.06. The van der Waals surface area contributed by atoms with Crippen molar-refractivity contribution in [2.24, 2.45) is 5.41 Å². The zero-order chi connectivity index (χ0) is 8.48. The van der Waals surface area contributed by atoms with Crippen molar-refractivity contribution in [3.8, 4) is 0 Å². The van der Waals surface area contributed by atoms with E-state index in [-0.39, 0.29) is 17.1 Å². The molecule has 1 fully saturated rings. The van der Waals surface area contributed by atoms with Gasteiger partial charge in [-0.3, -0.25) is 9.59 Å². The number of carbonyl (C=O) groups is 2. The van der Waals surface area contributed by atoms with Gasteiger partial charge in [-0.05, 0) is 0 Å². The summed E-state index contributed by atoms with van der Waals surface area (Å²) in [5.41, 5.74) is -0.369. The van der Waals surface area contributed by atoms with E-state index in [1.54, 1.807) is 0 Å². The van der Waals surface area contributed by atoms with Crippen molar-refractivity contribution < 1.29 is 9.59 Å². The predicted molar refractivity (Wildman–Crippen MR) is 41.0 cm³/mol. The minimum atomic E-state index is -0.369. The Labute approximate surface area is 66.2 Å². The van der Waals surface area contributed by atoms with Gasteiger partial charge in [0.15, 0.2) is 0 Å². The molecule has 1 aliphatic heterocycles. The van der Waals surface area contributed by atoms with Gasteiger partial charge in [0.25, 0.3) is 0 Å². The molecular formula is C8H13NO2. The second-order valence-corrected chi connectivity index (χ2v) is 3.58. The molecule has 3 heteroatoms. The number of rotatable bonds is 0. The van der Waals surface area contributed by atoms with E-state index in [9.17, 15) is 9.59 Å². The number of hydrogen-bond acceptors (Lipinski definition) is 2. The van der Waals surface area contributed by atoms with Gasteiger partial charge in [-0.25, -0.2) is 0 Å². The van der Waals surface area contributed by atoms with Gasteiger partial charge in [0.05, 0.1) is 0 Å². The molecule has 0 unspecified atom stereocenters. The van der Waals surface area contributed by atoms with Crippen LogP contribution >= 0.6 is 0 Å². The van der Waals surface area contributed by atoms with Crippen LogP contribution in [0.2, 0.25) is 0 Å². The van der Waals surface area contributed by atoms with Crippen LogP contribution in [0.15, 0.2) is 0 Å². The van der Waals surface area contributed by atoms with E-state index in [4.69, 9.17) is 0 Å². The Balaban J connectivity index is 2.71. The number of nitrogens with one attached hydrogen (secondary N) is 1. The number of carbonyl (C=O) groups excluding carboxylic acids is 2. The summed E-state index contributed by atoms with van der Waals surface area (Å²) in [4.78, 5) is 22.1. The fourth-order valence-electron chi connectivity index (χ4n) is 1.07. The van der Waals surface area contributed by atoms with E-state index in [1.165, 1.54) is 0 Å². The lowest BCUT2D eigenvalue weighted by molar-refractivity contribution is -0.126. The summed E-state index contributed by atoms with van der Waals surface area (Å²) < 4.78 is 0. The Bertz CT molecular complexity index is 196. The third-order valence-electron chi connectivity index (χ3n) is 2.06. The van der Waals surface area contributed by atoms with Crippen LogP contribution < -0.4 is 5.32 Å². The maximum atomic E-state index is 11.3. The zero-order valence-electron chi connectivity index (χ0n) is 6.94. The predicted octanol–water partition coefficient (Wildman–Crippen LogP) is 0.492. The average molecular weight is 155 g/mol. The van der Waals surface area contributed by atoms with Crippen LogP contribution in [0.25, 0.3) is 0 Å². The van der Waals surface area contributed by atoms with E-state index >= 15 is 0 Å². The zero-order valence-corrected chi connectivity index (χ0v) is 6.94. The van der Waals surface area contributed by atoms with Crippen LogP contribution in [0.5, 0.6) is 0 Å². The molecule has 1 saturated heterocycles. The smallest absolute Gasteiger partial charge is 0.220 e. The maximum absolute atomic E-state index is 11.3. The molecule has 0 aliphatic carbocycles. The van der Waals surface area contributed by atoms with Gasteiger partial charge < -0.3 is 5.32 Å². The molecule has 0 aromatic heterocycles. The van der Waals surface area contributed by atoms with Crippen LogP contribution in [-0.4, -0.2) is 18.2 Å². The summed E-state index contributed by atoms with van der Waals surface area (Å²) in [6.07, 6.45) is 0.737. The summed E-state index contributed by atoms with van der Waals surface area (Å²) >= 11 is 0. The van der Waals surface area contributed by atoms with Crippen molar-refractivity contribution in [2.45, 2.75) is 26.7 Å². The molecule has 0 aromatic carbocycles. The molecule has 11 heavy (non-hydrogen) atoms.